The Morgan fingerprint density at radius 3 is 2.45 bits per heavy atom. The molecule has 3 aliphatic carbocycles. The minimum Gasteiger partial charge on any atom is -0.355 e. The average molecular weight is 301 g/mol. The third-order valence-corrected chi connectivity index (χ3v) is 5.72. The second-order valence-electron chi connectivity index (χ2n) is 7.75. The third kappa shape index (κ3) is 2.99. The van der Waals surface area contributed by atoms with Crippen LogP contribution in [0.25, 0.3) is 0 Å². The molecule has 4 unspecified atom stereocenters. The molecule has 20 heavy (non-hydrogen) atoms. The molecule has 0 aliphatic heterocycles. The Morgan fingerprint density at radius 1 is 1.30 bits per heavy atom. The van der Waals surface area contributed by atoms with Crippen LogP contribution >= 0.6 is 12.4 Å². The summed E-state index contributed by atoms with van der Waals surface area (Å²) in [5.74, 6) is 2.26. The number of halogens is 1. The fourth-order valence-corrected chi connectivity index (χ4v) is 4.61. The normalized spacial score (nSPS) is 36.8. The highest BCUT2D eigenvalue weighted by Crippen LogP contribution is 2.51. The number of carbonyl (C=O) groups is 1. The van der Waals surface area contributed by atoms with E-state index < -0.39 is 0 Å². The highest BCUT2D eigenvalue weighted by Gasteiger charge is 2.50. The van der Waals surface area contributed by atoms with Crippen molar-refractivity contribution in [3.8, 4) is 0 Å². The summed E-state index contributed by atoms with van der Waals surface area (Å²) in [6.45, 7) is 5.42. The Labute approximate surface area is 128 Å². The van der Waals surface area contributed by atoms with Gasteiger partial charge < -0.3 is 11.1 Å². The summed E-state index contributed by atoms with van der Waals surface area (Å²) < 4.78 is 0. The Kier molecular flexibility index (Phi) is 4.70. The van der Waals surface area contributed by atoms with Crippen molar-refractivity contribution in [2.45, 2.75) is 58.4 Å². The van der Waals surface area contributed by atoms with E-state index in [0.717, 1.165) is 12.5 Å². The lowest BCUT2D eigenvalue weighted by atomic mass is 9.84. The number of carbonyl (C=O) groups excluding carboxylic acids is 1. The molecule has 4 atom stereocenters. The zero-order valence-corrected chi connectivity index (χ0v) is 13.5. The van der Waals surface area contributed by atoms with Crippen LogP contribution in [-0.2, 0) is 4.79 Å². The zero-order chi connectivity index (χ0) is 13.6. The standard InChI is InChI=1S/C16H28N2O.ClH/c1-10(2)8-16(5-6-16)9-18-15(19)13-11-3-4-12(7-11)14(13)17;/h10-14H,3-9,17H2,1-2H3,(H,18,19);1H. The quantitative estimate of drug-likeness (QED) is 0.820. The molecular weight excluding hydrogens is 272 g/mol. The van der Waals surface area contributed by atoms with Crippen molar-refractivity contribution in [1.82, 2.24) is 5.32 Å². The van der Waals surface area contributed by atoms with Crippen molar-refractivity contribution < 1.29 is 4.79 Å². The first-order chi connectivity index (χ1) is 9.01. The fourth-order valence-electron chi connectivity index (χ4n) is 4.61. The van der Waals surface area contributed by atoms with Crippen LogP contribution in [0.5, 0.6) is 0 Å². The van der Waals surface area contributed by atoms with Crippen LogP contribution < -0.4 is 11.1 Å². The molecule has 3 aliphatic rings. The third-order valence-electron chi connectivity index (χ3n) is 5.72. The van der Waals surface area contributed by atoms with E-state index in [2.05, 4.69) is 19.2 Å². The smallest absolute Gasteiger partial charge is 0.224 e. The van der Waals surface area contributed by atoms with Crippen molar-refractivity contribution in [3.05, 3.63) is 0 Å². The van der Waals surface area contributed by atoms with Gasteiger partial charge in [0.15, 0.2) is 0 Å². The van der Waals surface area contributed by atoms with Crippen LogP contribution in [0.1, 0.15) is 52.4 Å². The Morgan fingerprint density at radius 2 is 1.95 bits per heavy atom. The van der Waals surface area contributed by atoms with Crippen molar-refractivity contribution in [1.29, 1.82) is 0 Å². The average Bonchev–Trinajstić information content (AvgIpc) is 2.82. The maximum Gasteiger partial charge on any atom is 0.224 e. The van der Waals surface area contributed by atoms with Crippen molar-refractivity contribution >= 4 is 18.3 Å². The summed E-state index contributed by atoms with van der Waals surface area (Å²) in [5, 5.41) is 3.23. The molecule has 0 saturated heterocycles. The minimum absolute atomic E-state index is 0. The van der Waals surface area contributed by atoms with Gasteiger partial charge in [-0.25, -0.2) is 0 Å². The van der Waals surface area contributed by atoms with Crippen LogP contribution in [0.4, 0.5) is 0 Å². The van der Waals surface area contributed by atoms with Crippen molar-refractivity contribution in [2.75, 3.05) is 6.54 Å². The number of amides is 1. The second kappa shape index (κ2) is 5.84. The minimum atomic E-state index is 0. The summed E-state index contributed by atoms with van der Waals surface area (Å²) in [5.41, 5.74) is 6.66. The molecule has 0 aromatic carbocycles. The first-order valence-electron chi connectivity index (χ1n) is 8.04. The lowest BCUT2D eigenvalue weighted by Crippen LogP contribution is -2.46. The van der Waals surface area contributed by atoms with Gasteiger partial charge in [-0.2, -0.15) is 0 Å². The number of nitrogens with one attached hydrogen (secondary N) is 1. The Hall–Kier alpha value is -0.280. The predicted octanol–water partition coefficient (Wildman–Crippen LogP) is 2.72. The Balaban J connectivity index is 0.00000147. The van der Waals surface area contributed by atoms with E-state index in [1.165, 1.54) is 38.5 Å². The zero-order valence-electron chi connectivity index (χ0n) is 12.7. The van der Waals surface area contributed by atoms with Crippen LogP contribution in [0.3, 0.4) is 0 Å². The lowest BCUT2D eigenvalue weighted by molar-refractivity contribution is -0.127. The molecule has 0 radical (unpaired) electrons. The van der Waals surface area contributed by atoms with Gasteiger partial charge in [0.05, 0.1) is 5.92 Å². The molecule has 4 heteroatoms. The predicted molar refractivity (Wildman–Crippen MR) is 83.7 cm³/mol. The van der Waals surface area contributed by atoms with Gasteiger partial charge in [-0.15, -0.1) is 12.4 Å². The van der Waals surface area contributed by atoms with E-state index in [-0.39, 0.29) is 30.3 Å². The summed E-state index contributed by atoms with van der Waals surface area (Å²) in [6, 6.07) is 0.124. The summed E-state index contributed by atoms with van der Waals surface area (Å²) in [4.78, 5) is 12.4. The topological polar surface area (TPSA) is 55.1 Å². The molecule has 3 rings (SSSR count). The number of fused-ring (bicyclic) bond motifs is 2. The van der Waals surface area contributed by atoms with E-state index in [0.29, 0.717) is 17.3 Å². The van der Waals surface area contributed by atoms with Crippen LogP contribution in [0.2, 0.25) is 0 Å². The van der Waals surface area contributed by atoms with E-state index in [1.807, 2.05) is 0 Å². The van der Waals surface area contributed by atoms with Crippen LogP contribution in [0, 0.1) is 29.1 Å². The van der Waals surface area contributed by atoms with Gasteiger partial charge in [-0.3, -0.25) is 4.79 Å². The van der Waals surface area contributed by atoms with Gasteiger partial charge in [0.25, 0.3) is 0 Å². The summed E-state index contributed by atoms with van der Waals surface area (Å²) >= 11 is 0. The van der Waals surface area contributed by atoms with Gasteiger partial charge in [0, 0.05) is 12.6 Å². The molecule has 3 N–H and O–H groups in total. The van der Waals surface area contributed by atoms with Crippen molar-refractivity contribution in [3.63, 3.8) is 0 Å². The first-order valence-corrected chi connectivity index (χ1v) is 8.04. The van der Waals surface area contributed by atoms with Crippen molar-refractivity contribution in [2.24, 2.45) is 34.8 Å². The molecule has 2 bridgehead atoms. The van der Waals surface area contributed by atoms with Crippen LogP contribution in [0.15, 0.2) is 0 Å². The molecular formula is C16H29ClN2O. The highest BCUT2D eigenvalue weighted by atomic mass is 35.5. The highest BCUT2D eigenvalue weighted by molar-refractivity contribution is 5.85. The summed E-state index contributed by atoms with van der Waals surface area (Å²) in [7, 11) is 0. The molecule has 3 nitrogen and oxygen atoms in total. The molecule has 3 saturated carbocycles. The number of nitrogens with two attached hydrogens (primary N) is 1. The largest absolute Gasteiger partial charge is 0.355 e. The molecule has 0 aromatic heterocycles. The maximum absolute atomic E-state index is 12.4. The Bertz CT molecular complexity index is 365. The monoisotopic (exact) mass is 300 g/mol. The van der Waals surface area contributed by atoms with E-state index >= 15 is 0 Å². The lowest BCUT2D eigenvalue weighted by Gasteiger charge is -2.28. The van der Waals surface area contributed by atoms with Crippen LogP contribution in [-0.4, -0.2) is 18.5 Å². The molecule has 0 aromatic rings. The molecule has 0 heterocycles. The van der Waals surface area contributed by atoms with Gasteiger partial charge in [0.1, 0.15) is 0 Å². The van der Waals surface area contributed by atoms with Gasteiger partial charge in [-0.05, 0) is 61.7 Å². The van der Waals surface area contributed by atoms with Gasteiger partial charge in [-0.1, -0.05) is 13.8 Å². The van der Waals surface area contributed by atoms with E-state index in [1.54, 1.807) is 0 Å². The van der Waals surface area contributed by atoms with E-state index in [9.17, 15) is 4.79 Å². The van der Waals surface area contributed by atoms with Gasteiger partial charge in [0.2, 0.25) is 5.91 Å². The summed E-state index contributed by atoms with van der Waals surface area (Å²) in [6.07, 6.45) is 7.47. The van der Waals surface area contributed by atoms with Gasteiger partial charge >= 0.3 is 0 Å². The number of hydrogen-bond donors (Lipinski definition) is 2. The SMILES string of the molecule is CC(C)CC1(CNC(=O)C2C3CCC(C3)C2N)CC1.Cl. The molecule has 1 amide bonds. The molecule has 116 valence electrons. The maximum atomic E-state index is 12.4. The number of rotatable bonds is 5. The fraction of sp³-hybridized carbons (Fsp3) is 0.938. The second-order valence-corrected chi connectivity index (χ2v) is 7.75. The first kappa shape index (κ1) is 16.1. The molecule has 3 fully saturated rings. The number of hydrogen-bond acceptors (Lipinski definition) is 2. The van der Waals surface area contributed by atoms with E-state index in [4.69, 9.17) is 5.73 Å². The molecule has 0 spiro atoms.